The number of allylic oxidation sites excluding steroid dienone is 11. The number of rotatable bonds is 64. The molecule has 484 valence electrons. The number of hydrogen-bond acceptors (Lipinski definition) is 6. The summed E-state index contributed by atoms with van der Waals surface area (Å²) in [4.78, 5) is 37.8. The monoisotopic (exact) mass is 1180 g/mol. The van der Waals surface area contributed by atoms with Gasteiger partial charge in [-0.3, -0.25) is 18.6 Å². The first-order chi connectivity index (χ1) is 40.4. The first-order valence-corrected chi connectivity index (χ1v) is 36.8. The van der Waals surface area contributed by atoms with Crippen molar-refractivity contribution in [2.75, 3.05) is 40.9 Å². The highest BCUT2D eigenvalue weighted by atomic mass is 31.2. The average molecular weight is 1180 g/mol. The van der Waals surface area contributed by atoms with Crippen LogP contribution in [0, 0.1) is 0 Å². The van der Waals surface area contributed by atoms with Gasteiger partial charge in [0.15, 0.2) is 0 Å². The summed E-state index contributed by atoms with van der Waals surface area (Å²) in [5.74, 6) is -0.533. The van der Waals surface area contributed by atoms with Gasteiger partial charge in [-0.2, -0.15) is 0 Å². The summed E-state index contributed by atoms with van der Waals surface area (Å²) in [5, 5.41) is 3.05. The van der Waals surface area contributed by atoms with E-state index in [0.29, 0.717) is 23.9 Å². The Labute approximate surface area is 514 Å². The number of ether oxygens (including phenoxy) is 1. The first-order valence-electron chi connectivity index (χ1n) is 35.3. The highest BCUT2D eigenvalue weighted by molar-refractivity contribution is 7.47. The summed E-state index contributed by atoms with van der Waals surface area (Å²) in [5.41, 5.74) is 0. The maximum absolute atomic E-state index is 13.6. The third kappa shape index (κ3) is 63.8. The second-order valence-corrected chi connectivity index (χ2v) is 26.5. The van der Waals surface area contributed by atoms with Gasteiger partial charge in [0.05, 0.1) is 33.8 Å². The smallest absolute Gasteiger partial charge is 0.456 e. The highest BCUT2D eigenvalue weighted by Gasteiger charge is 2.30. The molecule has 3 unspecified atom stereocenters. The molecule has 0 saturated carbocycles. The lowest BCUT2D eigenvalue weighted by Gasteiger charge is -2.27. The number of carbonyl (C=O) groups is 2. The Morgan fingerprint density at radius 1 is 0.434 bits per heavy atom. The minimum atomic E-state index is -4.46. The number of unbranched alkanes of at least 4 members (excludes halogenated alkanes) is 38. The van der Waals surface area contributed by atoms with Crippen LogP contribution in [0.15, 0.2) is 72.9 Å². The summed E-state index contributed by atoms with van der Waals surface area (Å²) < 4.78 is 30.8. The van der Waals surface area contributed by atoms with E-state index in [2.05, 4.69) is 86.8 Å². The predicted octanol–water partition coefficient (Wildman–Crippen LogP) is 22.3. The van der Waals surface area contributed by atoms with E-state index < -0.39 is 20.0 Å². The molecule has 0 aliphatic rings. The lowest BCUT2D eigenvalue weighted by molar-refractivity contribution is -0.870. The second-order valence-electron chi connectivity index (χ2n) is 25.0. The van der Waals surface area contributed by atoms with Crippen LogP contribution in [0.4, 0.5) is 0 Å². The maximum atomic E-state index is 13.6. The molecular formula is C73H136N2O7P+. The summed E-state index contributed by atoms with van der Waals surface area (Å²) in [6.45, 7) is 6.90. The minimum Gasteiger partial charge on any atom is -0.456 e. The molecule has 0 aromatic carbocycles. The molecule has 0 fully saturated rings. The Kier molecular flexibility index (Phi) is 60.6. The summed E-state index contributed by atoms with van der Waals surface area (Å²) in [7, 11) is 1.48. The van der Waals surface area contributed by atoms with Crippen molar-refractivity contribution in [2.24, 2.45) is 0 Å². The van der Waals surface area contributed by atoms with Gasteiger partial charge >= 0.3 is 13.8 Å². The summed E-state index contributed by atoms with van der Waals surface area (Å²) in [6, 6.07) is -0.867. The van der Waals surface area contributed by atoms with E-state index in [-0.39, 0.29) is 31.5 Å². The molecule has 0 radical (unpaired) electrons. The number of nitrogens with zero attached hydrogens (tertiary/aromatic N) is 1. The normalized spacial score (nSPS) is 14.0. The molecule has 10 heteroatoms. The molecule has 0 rings (SSSR count). The SMILES string of the molecule is CC/C=C\C/C=C\C/C=C\C/C=C\C/C=C\CCCCCC(=O)NC(COP(=O)(O)OCC[N+](C)(C)C)C(/C=C\CCCCCCCCCCC)OC(=O)CCCCCCCCCCCCCCCCCCCCCCCCCCCCC. The van der Waals surface area contributed by atoms with Crippen LogP contribution in [-0.4, -0.2) is 74.3 Å². The molecule has 0 heterocycles. The number of quaternary nitrogens is 1. The lowest BCUT2D eigenvalue weighted by Crippen LogP contribution is -2.47. The van der Waals surface area contributed by atoms with Gasteiger partial charge < -0.3 is 19.4 Å². The molecular weight excluding hydrogens is 1050 g/mol. The topological polar surface area (TPSA) is 111 Å². The number of likely N-dealkylation sites (N-methyl/N-ethyl adjacent to an activating group) is 1. The van der Waals surface area contributed by atoms with Gasteiger partial charge in [-0.25, -0.2) is 4.57 Å². The fourth-order valence-corrected chi connectivity index (χ4v) is 11.0. The van der Waals surface area contributed by atoms with Crippen molar-refractivity contribution in [1.29, 1.82) is 0 Å². The van der Waals surface area contributed by atoms with Crippen LogP contribution in [-0.2, 0) is 27.9 Å². The van der Waals surface area contributed by atoms with E-state index in [1.165, 1.54) is 199 Å². The van der Waals surface area contributed by atoms with Crippen LogP contribution in [0.3, 0.4) is 0 Å². The van der Waals surface area contributed by atoms with Crippen molar-refractivity contribution in [3.8, 4) is 0 Å². The van der Waals surface area contributed by atoms with Gasteiger partial charge in [0.1, 0.15) is 19.3 Å². The standard InChI is InChI=1S/C73H135N2O7P/c1-7-10-13-16-19-22-25-27-29-31-33-34-35-36-37-38-39-40-42-44-46-48-51-54-57-60-63-66-73(77)82-71(64-61-58-55-52-49-24-21-18-15-12-9-3)70(69-81-83(78,79)80-68-67-75(4,5)6)74-72(76)65-62-59-56-53-50-47-45-43-41-32-30-28-26-23-20-17-14-11-8-2/h11,14,20,23,28,30,41,43,47,50,61,64,70-71H,7-10,12-13,15-19,21-22,24-27,29,31-40,42,44-46,48-49,51-60,62-63,65-69H2,1-6H3,(H-,74,76,78,79)/p+1/b14-11-,23-20-,30-28-,43-41-,50-47-,64-61-. The van der Waals surface area contributed by atoms with E-state index >= 15 is 0 Å². The van der Waals surface area contributed by atoms with Gasteiger partial charge in [0.25, 0.3) is 0 Å². The van der Waals surface area contributed by atoms with Crippen molar-refractivity contribution in [3.05, 3.63) is 72.9 Å². The fraction of sp³-hybridized carbons (Fsp3) is 0.808. The number of hydrogen-bond donors (Lipinski definition) is 2. The largest absolute Gasteiger partial charge is 0.472 e. The molecule has 83 heavy (non-hydrogen) atoms. The molecule has 0 aliphatic carbocycles. The van der Waals surface area contributed by atoms with E-state index in [0.717, 1.165) is 89.9 Å². The van der Waals surface area contributed by atoms with Crippen molar-refractivity contribution in [1.82, 2.24) is 5.32 Å². The van der Waals surface area contributed by atoms with Gasteiger partial charge in [0.2, 0.25) is 5.91 Å². The highest BCUT2D eigenvalue weighted by Crippen LogP contribution is 2.43. The molecule has 2 N–H and O–H groups in total. The molecule has 0 aromatic heterocycles. The Morgan fingerprint density at radius 2 is 0.771 bits per heavy atom. The average Bonchev–Trinajstić information content (AvgIpc) is 3.52. The molecule has 0 aliphatic heterocycles. The zero-order valence-electron chi connectivity index (χ0n) is 55.4. The molecule has 3 atom stereocenters. The Balaban J connectivity index is 5.01. The van der Waals surface area contributed by atoms with Crippen LogP contribution in [0.25, 0.3) is 0 Å². The number of phosphoric ester groups is 1. The molecule has 0 aromatic rings. The maximum Gasteiger partial charge on any atom is 0.472 e. The number of amides is 1. The van der Waals surface area contributed by atoms with E-state index in [9.17, 15) is 19.0 Å². The number of nitrogens with one attached hydrogen (secondary N) is 1. The van der Waals surface area contributed by atoms with Crippen LogP contribution in [0.5, 0.6) is 0 Å². The van der Waals surface area contributed by atoms with Gasteiger partial charge in [-0.05, 0) is 76.7 Å². The van der Waals surface area contributed by atoms with Crippen molar-refractivity contribution < 1.29 is 37.3 Å². The number of carbonyl (C=O) groups excluding carboxylic acids is 2. The zero-order valence-corrected chi connectivity index (χ0v) is 56.3. The van der Waals surface area contributed by atoms with Gasteiger partial charge in [0, 0.05) is 12.8 Å². The van der Waals surface area contributed by atoms with Crippen molar-refractivity contribution in [2.45, 2.75) is 341 Å². The van der Waals surface area contributed by atoms with E-state index in [1.807, 2.05) is 33.3 Å². The third-order valence-electron chi connectivity index (χ3n) is 15.7. The van der Waals surface area contributed by atoms with Crippen LogP contribution in [0.2, 0.25) is 0 Å². The molecule has 0 spiro atoms. The van der Waals surface area contributed by atoms with E-state index in [1.54, 1.807) is 0 Å². The number of esters is 1. The Bertz CT molecular complexity index is 1650. The Hall–Kier alpha value is -2.55. The van der Waals surface area contributed by atoms with Gasteiger partial charge in [-0.1, -0.05) is 312 Å². The number of phosphoric acid groups is 1. The molecule has 1 amide bonds. The molecule has 0 bridgehead atoms. The summed E-state index contributed by atoms with van der Waals surface area (Å²) >= 11 is 0. The molecule has 9 nitrogen and oxygen atoms in total. The minimum absolute atomic E-state index is 0.0324. The predicted molar refractivity (Wildman–Crippen MR) is 360 cm³/mol. The fourth-order valence-electron chi connectivity index (χ4n) is 10.3. The van der Waals surface area contributed by atoms with Crippen LogP contribution in [0.1, 0.15) is 329 Å². The van der Waals surface area contributed by atoms with Crippen molar-refractivity contribution >= 4 is 19.7 Å². The molecule has 0 saturated heterocycles. The first kappa shape index (κ1) is 80.5. The Morgan fingerprint density at radius 3 is 1.17 bits per heavy atom. The van der Waals surface area contributed by atoms with Crippen LogP contribution >= 0.6 is 7.82 Å². The van der Waals surface area contributed by atoms with E-state index in [4.69, 9.17) is 13.8 Å². The third-order valence-corrected chi connectivity index (χ3v) is 16.6. The van der Waals surface area contributed by atoms with Crippen LogP contribution < -0.4 is 5.32 Å². The quantitative estimate of drug-likeness (QED) is 0.0205. The zero-order chi connectivity index (χ0) is 60.7. The second kappa shape index (κ2) is 62.5. The summed E-state index contributed by atoms with van der Waals surface area (Å²) in [6.07, 6.45) is 82.2. The lowest BCUT2D eigenvalue weighted by atomic mass is 10.0. The van der Waals surface area contributed by atoms with Crippen molar-refractivity contribution in [3.63, 3.8) is 0 Å². The van der Waals surface area contributed by atoms with Gasteiger partial charge in [-0.15, -0.1) is 0 Å².